The fourth-order valence-electron chi connectivity index (χ4n) is 3.51. The molecule has 31 heavy (non-hydrogen) atoms. The maximum Gasteiger partial charge on any atom is 0.256 e. The Labute approximate surface area is 182 Å². The Morgan fingerprint density at radius 1 is 0.968 bits per heavy atom. The van der Waals surface area contributed by atoms with Crippen LogP contribution < -0.4 is 15.4 Å². The number of rotatable bonds is 8. The van der Waals surface area contributed by atoms with Gasteiger partial charge in [0.25, 0.3) is 5.91 Å². The van der Waals surface area contributed by atoms with Crippen molar-refractivity contribution in [3.05, 3.63) is 84.2 Å². The van der Waals surface area contributed by atoms with Gasteiger partial charge in [0.2, 0.25) is 5.88 Å². The smallest absolute Gasteiger partial charge is 0.256 e. The van der Waals surface area contributed by atoms with Crippen LogP contribution in [-0.4, -0.2) is 22.4 Å². The summed E-state index contributed by atoms with van der Waals surface area (Å²) in [6.45, 7) is 0.618. The molecular weight excluding hydrogens is 388 g/mol. The lowest BCUT2D eigenvalue weighted by atomic mass is 9.97. The standard InChI is InChI=1S/C25H26N4O2/c30-24(27-18-15-19-7-2-1-3-8-19)22-9-6-17-28-25(22)31-21-13-11-20(12-14-21)29-23-10-4-5-16-26-23/h4-7,9-14,16-17H,1-3,8,15,18H2,(H,26,29)(H,27,30). The maximum absolute atomic E-state index is 12.7. The molecule has 0 aliphatic heterocycles. The van der Waals surface area contributed by atoms with E-state index in [0.717, 1.165) is 30.8 Å². The number of ether oxygens (including phenoxy) is 1. The van der Waals surface area contributed by atoms with Crippen LogP contribution in [0.25, 0.3) is 0 Å². The number of allylic oxidation sites excluding steroid dienone is 1. The number of amides is 1. The molecule has 2 N–H and O–H groups in total. The summed E-state index contributed by atoms with van der Waals surface area (Å²) in [5.74, 6) is 1.49. The van der Waals surface area contributed by atoms with Crippen LogP contribution in [0.2, 0.25) is 0 Å². The number of benzene rings is 1. The van der Waals surface area contributed by atoms with E-state index in [4.69, 9.17) is 4.74 Å². The number of nitrogens with zero attached hydrogens (tertiary/aromatic N) is 2. The summed E-state index contributed by atoms with van der Waals surface area (Å²) >= 11 is 0. The van der Waals surface area contributed by atoms with Crippen molar-refractivity contribution in [3.63, 3.8) is 0 Å². The van der Waals surface area contributed by atoms with Crippen molar-refractivity contribution in [1.29, 1.82) is 0 Å². The number of pyridine rings is 2. The molecule has 0 fully saturated rings. The van der Waals surface area contributed by atoms with Crippen LogP contribution in [-0.2, 0) is 0 Å². The van der Waals surface area contributed by atoms with Crippen LogP contribution in [0.4, 0.5) is 11.5 Å². The molecule has 0 bridgehead atoms. The van der Waals surface area contributed by atoms with Gasteiger partial charge < -0.3 is 15.4 Å². The monoisotopic (exact) mass is 414 g/mol. The number of anilines is 2. The second-order valence-electron chi connectivity index (χ2n) is 7.44. The second kappa shape index (κ2) is 10.4. The van der Waals surface area contributed by atoms with E-state index in [0.29, 0.717) is 23.7 Å². The van der Waals surface area contributed by atoms with Crippen molar-refractivity contribution in [2.45, 2.75) is 32.1 Å². The van der Waals surface area contributed by atoms with E-state index >= 15 is 0 Å². The molecule has 0 atom stereocenters. The van der Waals surface area contributed by atoms with Crippen molar-refractivity contribution in [2.24, 2.45) is 0 Å². The van der Waals surface area contributed by atoms with Crippen LogP contribution in [0.1, 0.15) is 42.5 Å². The van der Waals surface area contributed by atoms with E-state index in [9.17, 15) is 4.79 Å². The summed E-state index contributed by atoms with van der Waals surface area (Å²) in [6, 6.07) is 16.6. The minimum absolute atomic E-state index is 0.173. The van der Waals surface area contributed by atoms with Crippen LogP contribution in [0.15, 0.2) is 78.6 Å². The van der Waals surface area contributed by atoms with Gasteiger partial charge >= 0.3 is 0 Å². The molecular formula is C25H26N4O2. The number of carbonyl (C=O) groups excluding carboxylic acids is 1. The number of carbonyl (C=O) groups is 1. The zero-order chi connectivity index (χ0) is 21.3. The van der Waals surface area contributed by atoms with Gasteiger partial charge in [0.15, 0.2) is 0 Å². The molecule has 0 spiro atoms. The molecule has 0 unspecified atom stereocenters. The van der Waals surface area contributed by atoms with Gasteiger partial charge in [-0.3, -0.25) is 4.79 Å². The second-order valence-corrected chi connectivity index (χ2v) is 7.44. The third kappa shape index (κ3) is 5.92. The third-order valence-corrected chi connectivity index (χ3v) is 5.14. The van der Waals surface area contributed by atoms with E-state index in [1.807, 2.05) is 42.5 Å². The first-order chi connectivity index (χ1) is 15.3. The van der Waals surface area contributed by atoms with Crippen molar-refractivity contribution < 1.29 is 9.53 Å². The maximum atomic E-state index is 12.7. The lowest BCUT2D eigenvalue weighted by Crippen LogP contribution is -2.25. The van der Waals surface area contributed by atoms with Gasteiger partial charge in [-0.2, -0.15) is 0 Å². The van der Waals surface area contributed by atoms with Gasteiger partial charge in [0.1, 0.15) is 17.1 Å². The predicted octanol–water partition coefficient (Wildman–Crippen LogP) is 5.63. The summed E-state index contributed by atoms with van der Waals surface area (Å²) in [4.78, 5) is 21.2. The molecule has 158 valence electrons. The molecule has 3 aromatic rings. The summed E-state index contributed by atoms with van der Waals surface area (Å²) < 4.78 is 5.91. The molecule has 6 heteroatoms. The first-order valence-corrected chi connectivity index (χ1v) is 10.6. The number of aromatic nitrogens is 2. The molecule has 0 saturated carbocycles. The van der Waals surface area contributed by atoms with Crippen molar-refractivity contribution >= 4 is 17.4 Å². The SMILES string of the molecule is O=C(NCCC1=CCCCC1)c1cccnc1Oc1ccc(Nc2ccccn2)cc1. The van der Waals surface area contributed by atoms with Crippen molar-refractivity contribution in [1.82, 2.24) is 15.3 Å². The summed E-state index contributed by atoms with van der Waals surface area (Å²) in [6.07, 6.45) is 11.4. The molecule has 1 amide bonds. The van der Waals surface area contributed by atoms with Gasteiger partial charge in [0, 0.05) is 24.6 Å². The van der Waals surface area contributed by atoms with Gasteiger partial charge in [-0.1, -0.05) is 17.7 Å². The number of nitrogens with one attached hydrogen (secondary N) is 2. The van der Waals surface area contributed by atoms with Gasteiger partial charge in [-0.05, 0) is 80.6 Å². The Morgan fingerprint density at radius 3 is 2.61 bits per heavy atom. The highest BCUT2D eigenvalue weighted by molar-refractivity contribution is 5.96. The van der Waals surface area contributed by atoms with Crippen LogP contribution in [0.3, 0.4) is 0 Å². The normalized spacial score (nSPS) is 13.2. The van der Waals surface area contributed by atoms with E-state index in [-0.39, 0.29) is 5.91 Å². The molecule has 1 aliphatic rings. The Hall–Kier alpha value is -3.67. The highest BCUT2D eigenvalue weighted by Gasteiger charge is 2.14. The zero-order valence-electron chi connectivity index (χ0n) is 17.4. The van der Waals surface area contributed by atoms with Crippen LogP contribution in [0, 0.1) is 0 Å². The lowest BCUT2D eigenvalue weighted by molar-refractivity contribution is 0.0951. The quantitative estimate of drug-likeness (QED) is 0.467. The fourth-order valence-corrected chi connectivity index (χ4v) is 3.51. The van der Waals surface area contributed by atoms with E-state index < -0.39 is 0 Å². The molecule has 2 heterocycles. The minimum Gasteiger partial charge on any atom is -0.438 e. The van der Waals surface area contributed by atoms with Gasteiger partial charge in [0.05, 0.1) is 0 Å². The number of hydrogen-bond acceptors (Lipinski definition) is 5. The van der Waals surface area contributed by atoms with E-state index in [1.54, 1.807) is 24.5 Å². The average Bonchev–Trinajstić information content (AvgIpc) is 2.82. The zero-order valence-corrected chi connectivity index (χ0v) is 17.4. The topological polar surface area (TPSA) is 76.1 Å². The van der Waals surface area contributed by atoms with Gasteiger partial charge in [-0.25, -0.2) is 9.97 Å². The summed E-state index contributed by atoms with van der Waals surface area (Å²) in [7, 11) is 0. The average molecular weight is 415 g/mol. The first-order valence-electron chi connectivity index (χ1n) is 10.6. The molecule has 1 aromatic carbocycles. The first kappa shape index (κ1) is 20.6. The van der Waals surface area contributed by atoms with Crippen LogP contribution in [0.5, 0.6) is 11.6 Å². The minimum atomic E-state index is -0.173. The lowest BCUT2D eigenvalue weighted by Gasteiger charge is -2.14. The molecule has 0 saturated heterocycles. The van der Waals surface area contributed by atoms with Crippen LogP contribution >= 0.6 is 0 Å². The Bertz CT molecular complexity index is 1030. The third-order valence-electron chi connectivity index (χ3n) is 5.14. The predicted molar refractivity (Wildman–Crippen MR) is 122 cm³/mol. The fraction of sp³-hybridized carbons (Fsp3) is 0.240. The summed E-state index contributed by atoms with van der Waals surface area (Å²) in [5, 5.41) is 6.22. The van der Waals surface area contributed by atoms with Crippen molar-refractivity contribution in [2.75, 3.05) is 11.9 Å². The van der Waals surface area contributed by atoms with E-state index in [1.165, 1.54) is 18.4 Å². The van der Waals surface area contributed by atoms with Gasteiger partial charge in [-0.15, -0.1) is 0 Å². The Kier molecular flexibility index (Phi) is 6.90. The Morgan fingerprint density at radius 2 is 1.84 bits per heavy atom. The number of hydrogen-bond donors (Lipinski definition) is 2. The molecule has 1 aliphatic carbocycles. The highest BCUT2D eigenvalue weighted by atomic mass is 16.5. The largest absolute Gasteiger partial charge is 0.438 e. The molecule has 4 rings (SSSR count). The van der Waals surface area contributed by atoms with E-state index in [2.05, 4.69) is 26.7 Å². The molecule has 2 aromatic heterocycles. The molecule has 0 radical (unpaired) electrons. The summed E-state index contributed by atoms with van der Waals surface area (Å²) in [5.41, 5.74) is 2.76. The highest BCUT2D eigenvalue weighted by Crippen LogP contribution is 2.25. The molecule has 6 nitrogen and oxygen atoms in total. The van der Waals surface area contributed by atoms with Crippen molar-refractivity contribution in [3.8, 4) is 11.6 Å². The Balaban J connectivity index is 1.36.